The van der Waals surface area contributed by atoms with Gasteiger partial charge in [0.2, 0.25) is 11.7 Å². The van der Waals surface area contributed by atoms with E-state index in [4.69, 9.17) is 4.52 Å². The maximum atomic E-state index is 11.8. The van der Waals surface area contributed by atoms with Gasteiger partial charge in [0.15, 0.2) is 0 Å². The van der Waals surface area contributed by atoms with Gasteiger partial charge in [0.1, 0.15) is 5.78 Å². The molecule has 0 spiro atoms. The fourth-order valence-electron chi connectivity index (χ4n) is 2.35. The normalized spacial score (nSPS) is 19.8. The molecule has 1 unspecified atom stereocenters. The summed E-state index contributed by atoms with van der Waals surface area (Å²) < 4.78 is 6.30. The van der Waals surface area contributed by atoms with Crippen LogP contribution in [0.2, 0.25) is 0 Å². The number of carbonyl (C=O) groups excluding carboxylic acids is 1. The van der Waals surface area contributed by atoms with Gasteiger partial charge in [-0.25, -0.2) is 0 Å². The van der Waals surface area contributed by atoms with Crippen molar-refractivity contribution in [3.63, 3.8) is 0 Å². The highest BCUT2D eigenvalue weighted by Gasteiger charge is 2.24. The monoisotopic (exact) mass is 340 g/mol. The molecule has 4 nitrogen and oxygen atoms in total. The summed E-state index contributed by atoms with van der Waals surface area (Å²) in [7, 11) is 0. The minimum atomic E-state index is 0.0668. The summed E-state index contributed by atoms with van der Waals surface area (Å²) in [6, 6.07) is 3.91. The molecule has 100 valence electrons. The molecule has 0 aliphatic heterocycles. The summed E-state index contributed by atoms with van der Waals surface area (Å²) in [6.07, 6.45) is 4.37. The Morgan fingerprint density at radius 2 is 2.32 bits per heavy atom. The van der Waals surface area contributed by atoms with E-state index >= 15 is 0 Å². The first-order valence-electron chi connectivity index (χ1n) is 6.33. The van der Waals surface area contributed by atoms with Gasteiger partial charge in [-0.1, -0.05) is 11.6 Å². The van der Waals surface area contributed by atoms with Crippen molar-refractivity contribution in [1.29, 1.82) is 0 Å². The number of ketones is 1. The van der Waals surface area contributed by atoms with E-state index in [2.05, 4.69) is 26.1 Å². The second-order valence-electron chi connectivity index (χ2n) is 4.73. The van der Waals surface area contributed by atoms with Gasteiger partial charge in [-0.2, -0.15) is 4.98 Å². The van der Waals surface area contributed by atoms with Crippen molar-refractivity contribution >= 4 is 33.0 Å². The average Bonchev–Trinajstić information content (AvgIpc) is 3.01. The van der Waals surface area contributed by atoms with Crippen molar-refractivity contribution in [2.75, 3.05) is 0 Å². The van der Waals surface area contributed by atoms with Gasteiger partial charge in [-0.3, -0.25) is 4.79 Å². The molecule has 1 saturated carbocycles. The molecule has 1 aliphatic rings. The van der Waals surface area contributed by atoms with Crippen LogP contribution in [-0.2, 0) is 11.2 Å². The van der Waals surface area contributed by atoms with Crippen LogP contribution in [0.3, 0.4) is 0 Å². The molecular formula is C13H13BrN2O2S. The van der Waals surface area contributed by atoms with Crippen molar-refractivity contribution in [3.8, 4) is 10.7 Å². The summed E-state index contributed by atoms with van der Waals surface area (Å²) >= 11 is 4.98. The highest BCUT2D eigenvalue weighted by atomic mass is 79.9. The zero-order valence-corrected chi connectivity index (χ0v) is 12.7. The van der Waals surface area contributed by atoms with Crippen LogP contribution in [0.4, 0.5) is 0 Å². The molecule has 2 aromatic rings. The third-order valence-corrected chi connectivity index (χ3v) is 4.98. The molecule has 0 aromatic carbocycles. The lowest BCUT2D eigenvalue weighted by atomic mass is 9.86. The number of hydrogen-bond donors (Lipinski definition) is 0. The van der Waals surface area contributed by atoms with Gasteiger partial charge in [0.25, 0.3) is 0 Å². The predicted molar refractivity (Wildman–Crippen MR) is 76.0 cm³/mol. The fraction of sp³-hybridized carbons (Fsp3) is 0.462. The first kappa shape index (κ1) is 13.0. The third-order valence-electron chi connectivity index (χ3n) is 3.36. The van der Waals surface area contributed by atoms with Crippen LogP contribution in [0, 0.1) is 5.92 Å². The van der Waals surface area contributed by atoms with Gasteiger partial charge in [-0.05, 0) is 40.9 Å². The number of aromatic nitrogens is 2. The van der Waals surface area contributed by atoms with Crippen molar-refractivity contribution < 1.29 is 9.32 Å². The highest BCUT2D eigenvalue weighted by molar-refractivity contribution is 9.11. The topological polar surface area (TPSA) is 56.0 Å². The molecule has 3 rings (SSSR count). The summed E-state index contributed by atoms with van der Waals surface area (Å²) in [5.74, 6) is 1.58. The van der Waals surface area contributed by atoms with E-state index in [0.717, 1.165) is 27.9 Å². The van der Waals surface area contributed by atoms with Crippen LogP contribution in [0.1, 0.15) is 31.6 Å². The van der Waals surface area contributed by atoms with E-state index in [0.29, 0.717) is 30.3 Å². The quantitative estimate of drug-likeness (QED) is 0.851. The van der Waals surface area contributed by atoms with Crippen molar-refractivity contribution in [1.82, 2.24) is 10.1 Å². The molecular weight excluding hydrogens is 328 g/mol. The molecule has 0 N–H and O–H groups in total. The van der Waals surface area contributed by atoms with E-state index in [1.807, 2.05) is 12.1 Å². The molecule has 1 atom stereocenters. The average molecular weight is 341 g/mol. The van der Waals surface area contributed by atoms with Gasteiger partial charge in [-0.15, -0.1) is 11.3 Å². The lowest BCUT2D eigenvalue weighted by Gasteiger charge is -2.18. The number of nitrogens with zero attached hydrogens (tertiary/aromatic N) is 2. The summed E-state index contributed by atoms with van der Waals surface area (Å²) in [5.41, 5.74) is 0. The summed E-state index contributed by atoms with van der Waals surface area (Å²) in [4.78, 5) is 17.1. The molecule has 1 aliphatic carbocycles. The molecule has 6 heteroatoms. The van der Waals surface area contributed by atoms with Crippen molar-refractivity contribution in [2.24, 2.45) is 5.92 Å². The number of rotatable bonds is 3. The van der Waals surface area contributed by atoms with Gasteiger partial charge >= 0.3 is 0 Å². The van der Waals surface area contributed by atoms with Gasteiger partial charge in [0, 0.05) is 18.8 Å². The number of hydrogen-bond acceptors (Lipinski definition) is 5. The first-order valence-corrected chi connectivity index (χ1v) is 7.94. The Kier molecular flexibility index (Phi) is 3.79. The Balaban J connectivity index is 1.72. The lowest BCUT2D eigenvalue weighted by Crippen LogP contribution is -2.21. The number of halogens is 1. The fourth-order valence-corrected chi connectivity index (χ4v) is 3.67. The van der Waals surface area contributed by atoms with Crippen LogP contribution in [0.5, 0.6) is 0 Å². The predicted octanol–water partition coefficient (Wildman–Crippen LogP) is 3.86. The van der Waals surface area contributed by atoms with E-state index < -0.39 is 0 Å². The first-order chi connectivity index (χ1) is 9.22. The third kappa shape index (κ3) is 2.95. The van der Waals surface area contributed by atoms with Crippen LogP contribution < -0.4 is 0 Å². The maximum Gasteiger partial charge on any atom is 0.227 e. The molecule has 2 heterocycles. The molecule has 0 bridgehead atoms. The van der Waals surface area contributed by atoms with E-state index in [1.165, 1.54) is 0 Å². The smallest absolute Gasteiger partial charge is 0.227 e. The van der Waals surface area contributed by atoms with Crippen LogP contribution >= 0.6 is 27.3 Å². The SMILES string of the molecule is O=C1CCCCC1Cc1nc(-c2ccc(Br)s2)no1. The number of Topliss-reactive ketones (excluding diaryl/α,β-unsaturated/α-hetero) is 1. The second-order valence-corrected chi connectivity index (χ2v) is 7.19. The molecule has 1 fully saturated rings. The van der Waals surface area contributed by atoms with E-state index in [9.17, 15) is 4.79 Å². The van der Waals surface area contributed by atoms with Gasteiger partial charge < -0.3 is 4.52 Å². The molecule has 0 radical (unpaired) electrons. The Hall–Kier alpha value is -1.01. The summed E-state index contributed by atoms with van der Waals surface area (Å²) in [5, 5.41) is 3.98. The summed E-state index contributed by atoms with van der Waals surface area (Å²) in [6.45, 7) is 0. The zero-order valence-electron chi connectivity index (χ0n) is 10.3. The zero-order chi connectivity index (χ0) is 13.2. The molecule has 2 aromatic heterocycles. The highest BCUT2D eigenvalue weighted by Crippen LogP contribution is 2.30. The standard InChI is InChI=1S/C13H13BrN2O2S/c14-11-6-5-10(19-11)13-15-12(18-16-13)7-8-3-1-2-4-9(8)17/h5-6,8H,1-4,7H2. The lowest BCUT2D eigenvalue weighted by molar-refractivity contribution is -0.124. The van der Waals surface area contributed by atoms with E-state index in [-0.39, 0.29) is 5.92 Å². The van der Waals surface area contributed by atoms with Crippen LogP contribution in [0.15, 0.2) is 20.4 Å². The molecule has 0 saturated heterocycles. The van der Waals surface area contributed by atoms with Crippen molar-refractivity contribution in [2.45, 2.75) is 32.1 Å². The minimum absolute atomic E-state index is 0.0668. The van der Waals surface area contributed by atoms with E-state index in [1.54, 1.807) is 11.3 Å². The number of carbonyl (C=O) groups is 1. The van der Waals surface area contributed by atoms with Crippen molar-refractivity contribution in [3.05, 3.63) is 21.8 Å². The van der Waals surface area contributed by atoms with Crippen LogP contribution in [0.25, 0.3) is 10.7 Å². The minimum Gasteiger partial charge on any atom is -0.339 e. The number of thiophene rings is 1. The van der Waals surface area contributed by atoms with Crippen LogP contribution in [-0.4, -0.2) is 15.9 Å². The Morgan fingerprint density at radius 3 is 3.05 bits per heavy atom. The maximum absolute atomic E-state index is 11.8. The largest absolute Gasteiger partial charge is 0.339 e. The van der Waals surface area contributed by atoms with Gasteiger partial charge in [0.05, 0.1) is 8.66 Å². The second kappa shape index (κ2) is 5.54. The molecule has 0 amide bonds. The Morgan fingerprint density at radius 1 is 1.42 bits per heavy atom. The Bertz CT molecular complexity index is 593. The Labute approximate surface area is 123 Å². The molecule has 19 heavy (non-hydrogen) atoms.